The lowest BCUT2D eigenvalue weighted by Crippen LogP contribution is -2.26. The summed E-state index contributed by atoms with van der Waals surface area (Å²) < 4.78 is 17.0. The predicted octanol–water partition coefficient (Wildman–Crippen LogP) is 4.80. The zero-order valence-electron chi connectivity index (χ0n) is 15.6. The molecular weight excluding hydrogens is 356 g/mol. The highest BCUT2D eigenvalue weighted by Crippen LogP contribution is 2.20. The molecular formula is C22H20N2O4. The van der Waals surface area contributed by atoms with Gasteiger partial charge in [0.2, 0.25) is 5.89 Å². The summed E-state index contributed by atoms with van der Waals surface area (Å²) in [4.78, 5) is 16.9. The van der Waals surface area contributed by atoms with E-state index in [0.29, 0.717) is 17.2 Å². The summed E-state index contributed by atoms with van der Waals surface area (Å²) in [6.45, 7) is 4.06. The number of furan rings is 1. The van der Waals surface area contributed by atoms with E-state index in [0.717, 1.165) is 16.8 Å². The Bertz CT molecular complexity index is 1080. The van der Waals surface area contributed by atoms with E-state index in [1.165, 1.54) is 0 Å². The molecule has 0 saturated carbocycles. The molecule has 2 aromatic carbocycles. The van der Waals surface area contributed by atoms with Gasteiger partial charge in [-0.3, -0.25) is 4.79 Å². The monoisotopic (exact) mass is 376 g/mol. The Morgan fingerprint density at radius 1 is 1.11 bits per heavy atom. The van der Waals surface area contributed by atoms with Crippen LogP contribution in [0.3, 0.4) is 0 Å². The van der Waals surface area contributed by atoms with Crippen molar-refractivity contribution in [2.45, 2.75) is 26.5 Å². The first-order chi connectivity index (χ1) is 13.6. The van der Waals surface area contributed by atoms with Crippen molar-refractivity contribution in [2.24, 2.45) is 0 Å². The molecule has 1 amide bonds. The second-order valence-electron chi connectivity index (χ2n) is 6.59. The van der Waals surface area contributed by atoms with Crippen LogP contribution < -0.4 is 10.1 Å². The summed E-state index contributed by atoms with van der Waals surface area (Å²) in [5.74, 6) is 1.65. The zero-order chi connectivity index (χ0) is 19.5. The van der Waals surface area contributed by atoms with Gasteiger partial charge in [0.05, 0.1) is 0 Å². The maximum Gasteiger partial charge on any atom is 0.287 e. The number of nitrogens with zero attached hydrogens (tertiary/aromatic N) is 1. The first-order valence-electron chi connectivity index (χ1n) is 9.03. The van der Waals surface area contributed by atoms with E-state index in [9.17, 15) is 4.79 Å². The second-order valence-corrected chi connectivity index (χ2v) is 6.59. The average Bonchev–Trinajstić information content (AvgIpc) is 3.33. The largest absolute Gasteiger partial charge is 0.486 e. The van der Waals surface area contributed by atoms with Crippen LogP contribution in [0.15, 0.2) is 69.5 Å². The third kappa shape index (κ3) is 3.91. The molecule has 0 radical (unpaired) electrons. The Hall–Kier alpha value is -3.54. The molecule has 4 aromatic rings. The number of carbonyl (C=O) groups is 1. The summed E-state index contributed by atoms with van der Waals surface area (Å²) in [6, 6.07) is 18.2. The molecule has 6 nitrogen and oxygen atoms in total. The number of fused-ring (bicyclic) bond motifs is 1. The van der Waals surface area contributed by atoms with Gasteiger partial charge in [0.15, 0.2) is 11.3 Å². The van der Waals surface area contributed by atoms with Crippen LogP contribution >= 0.6 is 0 Å². The first kappa shape index (κ1) is 17.9. The molecule has 1 unspecified atom stereocenters. The van der Waals surface area contributed by atoms with Crippen LogP contribution in [0.1, 0.15) is 40.7 Å². The van der Waals surface area contributed by atoms with Gasteiger partial charge in [0.1, 0.15) is 29.7 Å². The number of benzene rings is 2. The van der Waals surface area contributed by atoms with Crippen LogP contribution in [0.25, 0.3) is 11.1 Å². The molecule has 2 heterocycles. The number of para-hydroxylation sites is 2. The van der Waals surface area contributed by atoms with Gasteiger partial charge in [0, 0.05) is 0 Å². The topological polar surface area (TPSA) is 77.5 Å². The maximum absolute atomic E-state index is 12.5. The van der Waals surface area contributed by atoms with E-state index in [-0.39, 0.29) is 18.3 Å². The normalized spacial score (nSPS) is 12.1. The van der Waals surface area contributed by atoms with E-state index in [1.807, 2.05) is 62.4 Å². The van der Waals surface area contributed by atoms with Crippen LogP contribution in [0, 0.1) is 6.92 Å². The number of hydrogen-bond donors (Lipinski definition) is 1. The molecule has 6 heteroatoms. The number of nitrogens with one attached hydrogen (secondary N) is 1. The molecule has 0 aliphatic carbocycles. The van der Waals surface area contributed by atoms with Crippen molar-refractivity contribution in [3.05, 3.63) is 83.6 Å². The van der Waals surface area contributed by atoms with Crippen molar-refractivity contribution >= 4 is 17.0 Å². The van der Waals surface area contributed by atoms with Crippen LogP contribution in [0.5, 0.6) is 5.75 Å². The molecule has 0 spiro atoms. The van der Waals surface area contributed by atoms with Crippen LogP contribution in [-0.2, 0) is 6.61 Å². The van der Waals surface area contributed by atoms with Gasteiger partial charge in [-0.15, -0.1) is 0 Å². The molecule has 1 atom stereocenters. The fourth-order valence-corrected chi connectivity index (χ4v) is 2.84. The quantitative estimate of drug-likeness (QED) is 0.523. The summed E-state index contributed by atoms with van der Waals surface area (Å²) in [7, 11) is 0. The standard InChI is InChI=1S/C22H20N2O4/c1-14-6-5-7-16(12-14)26-13-17-10-11-20(27-17)21(25)23-15(2)22-24-18-8-3-4-9-19(18)28-22/h3-12,15H,13H2,1-2H3,(H,23,25). The van der Waals surface area contributed by atoms with Gasteiger partial charge in [-0.2, -0.15) is 0 Å². The number of aryl methyl sites for hydroxylation is 1. The number of aromatic nitrogens is 1. The molecule has 0 aliphatic rings. The van der Waals surface area contributed by atoms with Gasteiger partial charge in [0.25, 0.3) is 5.91 Å². The Morgan fingerprint density at radius 3 is 2.79 bits per heavy atom. The summed E-state index contributed by atoms with van der Waals surface area (Å²) in [6.07, 6.45) is 0. The zero-order valence-corrected chi connectivity index (χ0v) is 15.6. The minimum Gasteiger partial charge on any atom is -0.486 e. The number of oxazole rings is 1. The third-order valence-corrected chi connectivity index (χ3v) is 4.28. The Balaban J connectivity index is 1.38. The lowest BCUT2D eigenvalue weighted by Gasteiger charge is -2.08. The molecule has 0 saturated heterocycles. The van der Waals surface area contributed by atoms with Gasteiger partial charge in [-0.1, -0.05) is 24.3 Å². The predicted molar refractivity (Wildman–Crippen MR) is 104 cm³/mol. The lowest BCUT2D eigenvalue weighted by molar-refractivity contribution is 0.0902. The van der Waals surface area contributed by atoms with E-state index in [2.05, 4.69) is 10.3 Å². The summed E-state index contributed by atoms with van der Waals surface area (Å²) >= 11 is 0. The first-order valence-corrected chi connectivity index (χ1v) is 9.03. The molecule has 0 fully saturated rings. The highest BCUT2D eigenvalue weighted by Gasteiger charge is 2.19. The number of hydrogen-bond acceptors (Lipinski definition) is 5. The third-order valence-electron chi connectivity index (χ3n) is 4.28. The summed E-state index contributed by atoms with van der Waals surface area (Å²) in [5, 5.41) is 2.84. The molecule has 0 bridgehead atoms. The Morgan fingerprint density at radius 2 is 1.96 bits per heavy atom. The van der Waals surface area contributed by atoms with E-state index < -0.39 is 6.04 Å². The number of carbonyl (C=O) groups excluding carboxylic acids is 1. The minimum atomic E-state index is -0.392. The number of rotatable bonds is 6. The van der Waals surface area contributed by atoms with E-state index >= 15 is 0 Å². The SMILES string of the molecule is Cc1cccc(OCc2ccc(C(=O)NC(C)c3nc4ccccc4o3)o2)c1. The second kappa shape index (κ2) is 7.60. The Labute approximate surface area is 162 Å². The van der Waals surface area contributed by atoms with Crippen LogP contribution in [0.4, 0.5) is 0 Å². The molecule has 142 valence electrons. The van der Waals surface area contributed by atoms with E-state index in [1.54, 1.807) is 12.1 Å². The van der Waals surface area contributed by atoms with Crippen LogP contribution in [0.2, 0.25) is 0 Å². The van der Waals surface area contributed by atoms with Crippen molar-refractivity contribution in [2.75, 3.05) is 0 Å². The minimum absolute atomic E-state index is 0.214. The fourth-order valence-electron chi connectivity index (χ4n) is 2.84. The van der Waals surface area contributed by atoms with Gasteiger partial charge in [-0.05, 0) is 55.8 Å². The molecule has 0 aliphatic heterocycles. The van der Waals surface area contributed by atoms with Crippen molar-refractivity contribution in [3.8, 4) is 5.75 Å². The van der Waals surface area contributed by atoms with Crippen molar-refractivity contribution < 1.29 is 18.4 Å². The molecule has 4 rings (SSSR count). The van der Waals surface area contributed by atoms with Crippen LogP contribution in [-0.4, -0.2) is 10.9 Å². The summed E-state index contributed by atoms with van der Waals surface area (Å²) in [5.41, 5.74) is 2.56. The van der Waals surface area contributed by atoms with Crippen molar-refractivity contribution in [3.63, 3.8) is 0 Å². The Kier molecular flexibility index (Phi) is 4.85. The fraction of sp³-hybridized carbons (Fsp3) is 0.182. The van der Waals surface area contributed by atoms with Gasteiger partial charge < -0.3 is 18.9 Å². The molecule has 2 aromatic heterocycles. The van der Waals surface area contributed by atoms with E-state index in [4.69, 9.17) is 13.6 Å². The lowest BCUT2D eigenvalue weighted by atomic mass is 10.2. The van der Waals surface area contributed by atoms with Crippen molar-refractivity contribution in [1.82, 2.24) is 10.3 Å². The molecule has 1 N–H and O–H groups in total. The molecule has 28 heavy (non-hydrogen) atoms. The van der Waals surface area contributed by atoms with Crippen molar-refractivity contribution in [1.29, 1.82) is 0 Å². The maximum atomic E-state index is 12.5. The highest BCUT2D eigenvalue weighted by molar-refractivity contribution is 5.91. The smallest absolute Gasteiger partial charge is 0.287 e. The number of amides is 1. The van der Waals surface area contributed by atoms with Gasteiger partial charge in [-0.25, -0.2) is 4.98 Å². The highest BCUT2D eigenvalue weighted by atomic mass is 16.5. The van der Waals surface area contributed by atoms with Gasteiger partial charge >= 0.3 is 0 Å². The average molecular weight is 376 g/mol. The number of ether oxygens (including phenoxy) is 1.